The predicted octanol–water partition coefficient (Wildman–Crippen LogP) is 0.685. The number of aliphatic hydroxyl groups excluding tert-OH is 1. The Labute approximate surface area is 103 Å². The van der Waals surface area contributed by atoms with E-state index in [1.807, 2.05) is 0 Å². The zero-order chi connectivity index (χ0) is 12.3. The van der Waals surface area contributed by atoms with Gasteiger partial charge in [-0.2, -0.15) is 0 Å². The minimum atomic E-state index is -0.335. The van der Waals surface area contributed by atoms with E-state index < -0.39 is 0 Å². The van der Waals surface area contributed by atoms with Gasteiger partial charge in [-0.15, -0.1) is 0 Å². The first kappa shape index (κ1) is 13.0. The Balaban J connectivity index is 1.92. The minimum absolute atomic E-state index is 0.253. The lowest BCUT2D eigenvalue weighted by molar-refractivity contribution is -0.127. The number of carbonyl (C=O) groups is 1. The number of carbonyl (C=O) groups excluding carboxylic acids is 1. The van der Waals surface area contributed by atoms with Crippen LogP contribution in [0, 0.1) is 11.3 Å². The lowest BCUT2D eigenvalue weighted by Gasteiger charge is -2.40. The van der Waals surface area contributed by atoms with Gasteiger partial charge in [0.15, 0.2) is 0 Å². The van der Waals surface area contributed by atoms with Crippen molar-refractivity contribution in [1.29, 1.82) is 0 Å². The quantitative estimate of drug-likeness (QED) is 0.738. The van der Waals surface area contributed by atoms with E-state index in [0.29, 0.717) is 19.1 Å². The molecule has 17 heavy (non-hydrogen) atoms. The molecular weight excluding hydrogens is 218 g/mol. The fourth-order valence-corrected chi connectivity index (χ4v) is 2.83. The van der Waals surface area contributed by atoms with Gasteiger partial charge < -0.3 is 14.6 Å². The third kappa shape index (κ3) is 3.06. The number of piperidine rings is 1. The van der Waals surface area contributed by atoms with Crippen molar-refractivity contribution < 1.29 is 14.6 Å². The third-order valence-electron chi connectivity index (χ3n) is 4.14. The van der Waals surface area contributed by atoms with E-state index in [9.17, 15) is 9.90 Å². The van der Waals surface area contributed by atoms with Gasteiger partial charge in [-0.1, -0.05) is 6.92 Å². The minimum Gasteiger partial charge on any atom is -0.392 e. The zero-order valence-electron chi connectivity index (χ0n) is 10.6. The van der Waals surface area contributed by atoms with Crippen LogP contribution in [0.1, 0.15) is 26.2 Å². The van der Waals surface area contributed by atoms with E-state index in [1.165, 1.54) is 0 Å². The highest BCUT2D eigenvalue weighted by molar-refractivity contribution is 5.60. The molecule has 1 N–H and O–H groups in total. The molecule has 0 aromatic rings. The molecule has 3 unspecified atom stereocenters. The predicted molar refractivity (Wildman–Crippen MR) is 64.8 cm³/mol. The van der Waals surface area contributed by atoms with Crippen molar-refractivity contribution in [2.45, 2.75) is 32.3 Å². The van der Waals surface area contributed by atoms with Crippen LogP contribution in [0.15, 0.2) is 0 Å². The van der Waals surface area contributed by atoms with Crippen LogP contribution < -0.4 is 0 Å². The number of likely N-dealkylation sites (tertiary alicyclic amines) is 1. The lowest BCUT2D eigenvalue weighted by Crippen LogP contribution is -2.50. The summed E-state index contributed by atoms with van der Waals surface area (Å²) in [7, 11) is 0. The second-order valence-corrected chi connectivity index (χ2v) is 5.70. The maximum Gasteiger partial charge on any atom is 0.129 e. The first-order valence-electron chi connectivity index (χ1n) is 6.60. The van der Waals surface area contributed by atoms with Gasteiger partial charge in [-0.05, 0) is 31.7 Å². The Bertz CT molecular complexity index is 263. The number of nitrogens with zero attached hydrogens (tertiary/aromatic N) is 1. The normalized spacial score (nSPS) is 40.1. The zero-order valence-corrected chi connectivity index (χ0v) is 10.6. The molecule has 0 bridgehead atoms. The molecule has 0 radical (unpaired) electrons. The summed E-state index contributed by atoms with van der Waals surface area (Å²) in [6, 6.07) is 0. The van der Waals surface area contributed by atoms with Crippen molar-refractivity contribution in [2.24, 2.45) is 11.3 Å². The summed E-state index contributed by atoms with van der Waals surface area (Å²) >= 11 is 0. The Morgan fingerprint density at radius 1 is 1.59 bits per heavy atom. The van der Waals surface area contributed by atoms with Crippen molar-refractivity contribution >= 4 is 6.29 Å². The molecule has 0 saturated carbocycles. The summed E-state index contributed by atoms with van der Waals surface area (Å²) in [6.07, 6.45) is 3.70. The second kappa shape index (κ2) is 5.46. The van der Waals surface area contributed by atoms with Crippen molar-refractivity contribution in [2.75, 3.05) is 32.8 Å². The van der Waals surface area contributed by atoms with Crippen LogP contribution >= 0.6 is 0 Å². The Morgan fingerprint density at radius 3 is 3.00 bits per heavy atom. The van der Waals surface area contributed by atoms with Crippen LogP contribution in [0.2, 0.25) is 0 Å². The summed E-state index contributed by atoms with van der Waals surface area (Å²) in [5.41, 5.74) is -0.335. The van der Waals surface area contributed by atoms with Gasteiger partial charge in [-0.3, -0.25) is 4.90 Å². The summed E-state index contributed by atoms with van der Waals surface area (Å²) in [5.74, 6) is 0.376. The summed E-state index contributed by atoms with van der Waals surface area (Å²) in [6.45, 7) is 5.81. The monoisotopic (exact) mass is 241 g/mol. The first-order chi connectivity index (χ1) is 8.15. The smallest absolute Gasteiger partial charge is 0.129 e. The molecule has 2 fully saturated rings. The van der Waals surface area contributed by atoms with Crippen LogP contribution in [0.25, 0.3) is 0 Å². The van der Waals surface area contributed by atoms with Gasteiger partial charge in [0.25, 0.3) is 0 Å². The standard InChI is InChI=1S/C13H23NO3/c1-11-3-5-14(7-12(11)16)8-13(9-15)4-2-6-17-10-13/h9,11-12,16H,2-8,10H2,1H3. The molecule has 2 aliphatic rings. The highest BCUT2D eigenvalue weighted by Crippen LogP contribution is 2.29. The van der Waals surface area contributed by atoms with Crippen LogP contribution in [0.4, 0.5) is 0 Å². The van der Waals surface area contributed by atoms with Gasteiger partial charge >= 0.3 is 0 Å². The van der Waals surface area contributed by atoms with Crippen LogP contribution in [0.5, 0.6) is 0 Å². The van der Waals surface area contributed by atoms with Gasteiger partial charge in [-0.25, -0.2) is 0 Å². The number of ether oxygens (including phenoxy) is 1. The maximum absolute atomic E-state index is 11.3. The molecule has 3 atom stereocenters. The molecule has 0 spiro atoms. The van der Waals surface area contributed by atoms with Gasteiger partial charge in [0, 0.05) is 19.7 Å². The number of aliphatic hydroxyl groups is 1. The molecule has 4 nitrogen and oxygen atoms in total. The molecule has 0 aromatic carbocycles. The SMILES string of the molecule is CC1CCN(CC2(C=O)CCCOC2)CC1O. The molecule has 98 valence electrons. The number of aldehydes is 1. The molecule has 2 heterocycles. The van der Waals surface area contributed by atoms with Crippen molar-refractivity contribution in [3.8, 4) is 0 Å². The second-order valence-electron chi connectivity index (χ2n) is 5.70. The number of rotatable bonds is 3. The Morgan fingerprint density at radius 2 is 2.41 bits per heavy atom. The van der Waals surface area contributed by atoms with Gasteiger partial charge in [0.2, 0.25) is 0 Å². The highest BCUT2D eigenvalue weighted by atomic mass is 16.5. The van der Waals surface area contributed by atoms with E-state index in [0.717, 1.165) is 45.2 Å². The van der Waals surface area contributed by atoms with Crippen LogP contribution in [-0.2, 0) is 9.53 Å². The fraction of sp³-hybridized carbons (Fsp3) is 0.923. The molecule has 4 heteroatoms. The highest BCUT2D eigenvalue weighted by Gasteiger charge is 2.36. The maximum atomic E-state index is 11.3. The summed E-state index contributed by atoms with van der Waals surface area (Å²) in [5, 5.41) is 9.87. The number of hydrogen-bond acceptors (Lipinski definition) is 4. The Hall–Kier alpha value is -0.450. The molecule has 2 rings (SSSR count). The molecule has 0 amide bonds. The van der Waals surface area contributed by atoms with E-state index >= 15 is 0 Å². The fourth-order valence-electron chi connectivity index (χ4n) is 2.83. The summed E-state index contributed by atoms with van der Waals surface area (Å²) < 4.78 is 5.45. The lowest BCUT2D eigenvalue weighted by atomic mass is 9.82. The largest absolute Gasteiger partial charge is 0.392 e. The van der Waals surface area contributed by atoms with Gasteiger partial charge in [0.05, 0.1) is 18.1 Å². The summed E-state index contributed by atoms with van der Waals surface area (Å²) in [4.78, 5) is 13.5. The molecule has 0 aliphatic carbocycles. The Kier molecular flexibility index (Phi) is 4.17. The average Bonchev–Trinajstić information content (AvgIpc) is 2.35. The molecule has 2 saturated heterocycles. The first-order valence-corrected chi connectivity index (χ1v) is 6.60. The molecule has 2 aliphatic heterocycles. The van der Waals surface area contributed by atoms with E-state index in [2.05, 4.69) is 11.8 Å². The van der Waals surface area contributed by atoms with Crippen molar-refractivity contribution in [1.82, 2.24) is 4.90 Å². The van der Waals surface area contributed by atoms with Crippen molar-refractivity contribution in [3.05, 3.63) is 0 Å². The topological polar surface area (TPSA) is 49.8 Å². The van der Waals surface area contributed by atoms with Crippen molar-refractivity contribution in [3.63, 3.8) is 0 Å². The number of hydrogen-bond donors (Lipinski definition) is 1. The number of β-amino-alcohol motifs (C(OH)–C–C–N with tert-alkyl or cyclic N) is 1. The van der Waals surface area contributed by atoms with E-state index in [4.69, 9.17) is 4.74 Å². The van der Waals surface area contributed by atoms with Gasteiger partial charge in [0.1, 0.15) is 6.29 Å². The average molecular weight is 241 g/mol. The third-order valence-corrected chi connectivity index (χ3v) is 4.14. The molecular formula is C13H23NO3. The van der Waals surface area contributed by atoms with Crippen LogP contribution in [0.3, 0.4) is 0 Å². The van der Waals surface area contributed by atoms with Crippen LogP contribution in [-0.4, -0.2) is 55.2 Å². The van der Waals surface area contributed by atoms with E-state index in [1.54, 1.807) is 0 Å². The van der Waals surface area contributed by atoms with E-state index in [-0.39, 0.29) is 11.5 Å². The molecule has 0 aromatic heterocycles.